The summed E-state index contributed by atoms with van der Waals surface area (Å²) in [5, 5.41) is 11.6. The fourth-order valence-corrected chi connectivity index (χ4v) is 0.750. The van der Waals surface area contributed by atoms with Gasteiger partial charge in [-0.05, 0) is 27.0 Å². The van der Waals surface area contributed by atoms with Crippen LogP contribution in [0.2, 0.25) is 0 Å². The van der Waals surface area contributed by atoms with Crippen LogP contribution in [0.3, 0.4) is 0 Å². The minimum atomic E-state index is -4.67. The van der Waals surface area contributed by atoms with Crippen LogP contribution < -0.4 is 5.32 Å². The zero-order valence-electron chi connectivity index (χ0n) is 7.87. The number of halogens is 3. The van der Waals surface area contributed by atoms with E-state index in [0.29, 0.717) is 0 Å². The van der Waals surface area contributed by atoms with E-state index in [0.717, 1.165) is 13.1 Å². The first-order chi connectivity index (χ1) is 5.56. The number of hydrogen-bond donors (Lipinski definition) is 2. The maximum Gasteiger partial charge on any atom is 0.419 e. The van der Waals surface area contributed by atoms with Crippen LogP contribution in [0.15, 0.2) is 12.8 Å². The second-order valence-corrected chi connectivity index (χ2v) is 3.54. The molecule has 1 unspecified atom stereocenters. The minimum Gasteiger partial charge on any atom is -0.383 e. The molecule has 0 bridgehead atoms. The molecule has 1 atom stereocenters. The fraction of sp³-hybridized carbons (Fsp3) is 0.750. The Hall–Kier alpha value is -0.710. The van der Waals surface area contributed by atoms with Crippen molar-refractivity contribution in [2.24, 2.45) is 0 Å². The highest BCUT2D eigenvalue weighted by Crippen LogP contribution is 2.37. The molecule has 0 aliphatic rings. The van der Waals surface area contributed by atoms with Crippen molar-refractivity contribution in [3.05, 3.63) is 12.8 Å². The van der Waals surface area contributed by atoms with Crippen molar-refractivity contribution >= 4 is 0 Å². The van der Waals surface area contributed by atoms with Crippen LogP contribution in [-0.2, 0) is 0 Å². The first kappa shape index (κ1) is 12.3. The van der Waals surface area contributed by atoms with Gasteiger partial charge >= 0.3 is 6.18 Å². The van der Waals surface area contributed by atoms with Crippen molar-refractivity contribution in [3.8, 4) is 0 Å². The van der Waals surface area contributed by atoms with E-state index in [-0.39, 0.29) is 0 Å². The van der Waals surface area contributed by atoms with E-state index < -0.39 is 17.3 Å². The summed E-state index contributed by atoms with van der Waals surface area (Å²) in [6.07, 6.45) is -3.55. The molecular formula is C8H14F3NO. The number of nitrogens with one attached hydrogen (secondary N) is 1. The molecule has 0 aromatic rings. The Morgan fingerprint density at radius 1 is 1.23 bits per heavy atom. The molecule has 0 radical (unpaired) electrons. The molecule has 2 nitrogen and oxygen atoms in total. The summed E-state index contributed by atoms with van der Waals surface area (Å²) in [5.41, 5.74) is -4.30. The lowest BCUT2D eigenvalue weighted by Crippen LogP contribution is -2.63. The van der Waals surface area contributed by atoms with Gasteiger partial charge < -0.3 is 10.4 Å². The largest absolute Gasteiger partial charge is 0.419 e. The molecule has 0 heterocycles. The van der Waals surface area contributed by atoms with Crippen LogP contribution in [0.4, 0.5) is 13.2 Å². The van der Waals surface area contributed by atoms with Crippen molar-refractivity contribution in [1.29, 1.82) is 0 Å². The van der Waals surface area contributed by atoms with Crippen molar-refractivity contribution < 1.29 is 18.3 Å². The Morgan fingerprint density at radius 2 is 1.62 bits per heavy atom. The third-order valence-electron chi connectivity index (χ3n) is 2.23. The second-order valence-electron chi connectivity index (χ2n) is 3.54. The predicted molar refractivity (Wildman–Crippen MR) is 44.1 cm³/mol. The Kier molecular flexibility index (Phi) is 3.04. The molecule has 0 aromatic carbocycles. The van der Waals surface area contributed by atoms with Gasteiger partial charge in [-0.15, -0.1) is 0 Å². The first-order valence-corrected chi connectivity index (χ1v) is 3.74. The van der Waals surface area contributed by atoms with Gasteiger partial charge in [0.15, 0.2) is 5.60 Å². The monoisotopic (exact) mass is 197 g/mol. The normalized spacial score (nSPS) is 17.8. The maximum absolute atomic E-state index is 12.3. The third-order valence-corrected chi connectivity index (χ3v) is 2.23. The van der Waals surface area contributed by atoms with E-state index in [2.05, 4.69) is 11.9 Å². The van der Waals surface area contributed by atoms with E-state index in [1.54, 1.807) is 0 Å². The number of rotatable bonds is 3. The zero-order chi connectivity index (χ0) is 10.9. The van der Waals surface area contributed by atoms with Gasteiger partial charge in [0.1, 0.15) is 0 Å². The first-order valence-electron chi connectivity index (χ1n) is 3.74. The molecule has 2 N–H and O–H groups in total. The fourth-order valence-electron chi connectivity index (χ4n) is 0.750. The molecule has 5 heteroatoms. The van der Waals surface area contributed by atoms with Gasteiger partial charge in [-0.1, -0.05) is 6.58 Å². The van der Waals surface area contributed by atoms with Crippen LogP contribution in [0, 0.1) is 0 Å². The summed E-state index contributed by atoms with van der Waals surface area (Å²) in [7, 11) is 0. The predicted octanol–water partition coefficient (Wildman–Crippen LogP) is 1.81. The molecule has 0 aromatic heterocycles. The quantitative estimate of drug-likeness (QED) is 0.723. The smallest absolute Gasteiger partial charge is 0.383 e. The molecule has 13 heavy (non-hydrogen) atoms. The summed E-state index contributed by atoms with van der Waals surface area (Å²) in [6, 6.07) is 0. The van der Waals surface area contributed by atoms with Gasteiger partial charge in [-0.2, -0.15) is 13.2 Å². The molecule has 0 spiro atoms. The van der Waals surface area contributed by atoms with Gasteiger partial charge in [0.05, 0.1) is 5.54 Å². The molecule has 0 saturated carbocycles. The van der Waals surface area contributed by atoms with Gasteiger partial charge in [0.25, 0.3) is 0 Å². The van der Waals surface area contributed by atoms with Crippen molar-refractivity contribution in [2.45, 2.75) is 38.1 Å². The average molecular weight is 197 g/mol. The van der Waals surface area contributed by atoms with Crippen LogP contribution in [-0.4, -0.2) is 22.4 Å². The Labute approximate surface area is 75.4 Å². The molecule has 0 fully saturated rings. The molecule has 0 aliphatic carbocycles. The Morgan fingerprint density at radius 3 is 1.85 bits per heavy atom. The number of hydrogen-bond acceptors (Lipinski definition) is 2. The lowest BCUT2D eigenvalue weighted by Gasteiger charge is -2.41. The van der Waals surface area contributed by atoms with Crippen molar-refractivity contribution in [1.82, 2.24) is 5.32 Å². The molecule has 78 valence electrons. The van der Waals surface area contributed by atoms with Gasteiger partial charge in [-0.25, -0.2) is 0 Å². The van der Waals surface area contributed by atoms with Crippen molar-refractivity contribution in [2.75, 3.05) is 0 Å². The van der Waals surface area contributed by atoms with Crippen LogP contribution >= 0.6 is 0 Å². The maximum atomic E-state index is 12.3. The number of alkyl halides is 3. The summed E-state index contributed by atoms with van der Waals surface area (Å²) in [6.45, 7) is 6.48. The zero-order valence-corrected chi connectivity index (χ0v) is 7.87. The van der Waals surface area contributed by atoms with E-state index in [1.165, 1.54) is 13.8 Å². The van der Waals surface area contributed by atoms with Crippen LogP contribution in [0.5, 0.6) is 0 Å². The van der Waals surface area contributed by atoms with Crippen LogP contribution in [0.1, 0.15) is 20.8 Å². The standard InChI is InChI=1S/C8H14F3NO/c1-5-12-6(2,3)7(4,13)8(9,10)11/h5,12-13H,1H2,2-4H3. The minimum absolute atomic E-state index is 0.726. The van der Waals surface area contributed by atoms with Crippen molar-refractivity contribution in [3.63, 3.8) is 0 Å². The summed E-state index contributed by atoms with van der Waals surface area (Å²) in [5.74, 6) is 0. The second kappa shape index (κ2) is 3.21. The molecule has 0 saturated heterocycles. The molecule has 0 rings (SSSR count). The van der Waals surface area contributed by atoms with Gasteiger partial charge in [0, 0.05) is 0 Å². The number of aliphatic hydroxyl groups is 1. The summed E-state index contributed by atoms with van der Waals surface area (Å²) >= 11 is 0. The van der Waals surface area contributed by atoms with E-state index in [9.17, 15) is 18.3 Å². The Bertz CT molecular complexity index is 196. The lowest BCUT2D eigenvalue weighted by atomic mass is 9.84. The lowest BCUT2D eigenvalue weighted by molar-refractivity contribution is -0.275. The Balaban J connectivity index is 4.91. The van der Waals surface area contributed by atoms with E-state index in [1.807, 2.05) is 0 Å². The van der Waals surface area contributed by atoms with E-state index in [4.69, 9.17) is 0 Å². The topological polar surface area (TPSA) is 32.3 Å². The SMILES string of the molecule is C=CNC(C)(C)C(C)(O)C(F)(F)F. The highest BCUT2D eigenvalue weighted by molar-refractivity contribution is 5.03. The van der Waals surface area contributed by atoms with Gasteiger partial charge in [0.2, 0.25) is 0 Å². The highest BCUT2D eigenvalue weighted by atomic mass is 19.4. The molecule has 0 aliphatic heterocycles. The van der Waals surface area contributed by atoms with Crippen LogP contribution in [0.25, 0.3) is 0 Å². The molecular weight excluding hydrogens is 183 g/mol. The average Bonchev–Trinajstić information content (AvgIpc) is 1.84. The summed E-state index contributed by atoms with van der Waals surface area (Å²) < 4.78 is 37.0. The van der Waals surface area contributed by atoms with E-state index >= 15 is 0 Å². The third kappa shape index (κ3) is 2.15. The summed E-state index contributed by atoms with van der Waals surface area (Å²) in [4.78, 5) is 0. The van der Waals surface area contributed by atoms with Gasteiger partial charge in [-0.3, -0.25) is 0 Å². The molecule has 0 amide bonds. The highest BCUT2D eigenvalue weighted by Gasteiger charge is 2.58.